The molecular weight excluding hydrogens is 344 g/mol. The van der Waals surface area contributed by atoms with E-state index < -0.39 is 8.80 Å². The molecule has 0 amide bonds. The maximum absolute atomic E-state index is 5.73. The average molecular weight is 391 g/mol. The molecule has 0 atom stereocenters. The molecule has 0 N–H and O–H groups in total. The number of ether oxygens (including phenoxy) is 1. The topological polar surface area (TPSA) is 36.9 Å². The van der Waals surface area contributed by atoms with Crippen molar-refractivity contribution in [3.05, 3.63) is 0 Å². The van der Waals surface area contributed by atoms with Gasteiger partial charge in [0, 0.05) is 40.6 Å². The van der Waals surface area contributed by atoms with Gasteiger partial charge in [-0.1, -0.05) is 77.6 Å². The van der Waals surface area contributed by atoms with Crippen molar-refractivity contribution in [1.29, 1.82) is 0 Å². The molecule has 0 unspecified atom stereocenters. The third-order valence-corrected chi connectivity index (χ3v) is 7.93. The Labute approximate surface area is 164 Å². The lowest BCUT2D eigenvalue weighted by Crippen LogP contribution is -2.42. The van der Waals surface area contributed by atoms with Crippen molar-refractivity contribution < 1.29 is 18.0 Å². The van der Waals surface area contributed by atoms with Crippen LogP contribution in [0.1, 0.15) is 96.8 Å². The van der Waals surface area contributed by atoms with E-state index in [0.717, 1.165) is 25.7 Å². The van der Waals surface area contributed by atoms with Gasteiger partial charge in [0.25, 0.3) is 0 Å². The fourth-order valence-corrected chi connectivity index (χ4v) is 5.04. The van der Waals surface area contributed by atoms with Crippen LogP contribution in [0.3, 0.4) is 0 Å². The number of unbranched alkanes of at least 4 members (excludes halogenated alkanes) is 12. The van der Waals surface area contributed by atoms with Gasteiger partial charge in [0.15, 0.2) is 0 Å². The van der Waals surface area contributed by atoms with Crippen LogP contribution in [0.2, 0.25) is 6.04 Å². The largest absolute Gasteiger partial charge is 0.500 e. The van der Waals surface area contributed by atoms with E-state index in [1.54, 1.807) is 21.3 Å². The molecule has 0 saturated carbocycles. The van der Waals surface area contributed by atoms with Crippen molar-refractivity contribution in [1.82, 2.24) is 0 Å². The zero-order valence-corrected chi connectivity index (χ0v) is 19.2. The third-order valence-electron chi connectivity index (χ3n) is 5.10. The first-order valence-electron chi connectivity index (χ1n) is 11.0. The summed E-state index contributed by atoms with van der Waals surface area (Å²) in [5.41, 5.74) is 0. The maximum Gasteiger partial charge on any atom is 0.500 e. The summed E-state index contributed by atoms with van der Waals surface area (Å²) >= 11 is 0. The van der Waals surface area contributed by atoms with Crippen LogP contribution in [0.15, 0.2) is 0 Å². The highest BCUT2D eigenvalue weighted by molar-refractivity contribution is 6.60. The second-order valence-electron chi connectivity index (χ2n) is 7.25. The monoisotopic (exact) mass is 390 g/mol. The first-order chi connectivity index (χ1) is 12.7. The highest BCUT2D eigenvalue weighted by Gasteiger charge is 2.36. The number of hydrogen-bond donors (Lipinski definition) is 0. The van der Waals surface area contributed by atoms with E-state index in [2.05, 4.69) is 6.92 Å². The normalized spacial score (nSPS) is 12.0. The van der Waals surface area contributed by atoms with Crippen LogP contribution in [-0.4, -0.2) is 43.3 Å². The molecule has 0 aromatic carbocycles. The van der Waals surface area contributed by atoms with Gasteiger partial charge < -0.3 is 18.0 Å². The molecule has 0 aromatic rings. The Hall–Kier alpha value is 0.0569. The zero-order chi connectivity index (χ0) is 19.3. The lowest BCUT2D eigenvalue weighted by Gasteiger charge is -2.24. The van der Waals surface area contributed by atoms with E-state index in [1.165, 1.54) is 83.5 Å². The lowest BCUT2D eigenvalue weighted by molar-refractivity contribution is 0.122. The van der Waals surface area contributed by atoms with Gasteiger partial charge in [-0.2, -0.15) is 0 Å². The van der Waals surface area contributed by atoms with E-state index in [1.807, 2.05) is 0 Å². The Morgan fingerprint density at radius 2 is 0.885 bits per heavy atom. The molecular formula is C21H46O4Si. The van der Waals surface area contributed by atoms with Gasteiger partial charge >= 0.3 is 8.80 Å². The van der Waals surface area contributed by atoms with E-state index in [4.69, 9.17) is 18.0 Å². The summed E-state index contributed by atoms with van der Waals surface area (Å²) in [5.74, 6) is 0. The summed E-state index contributed by atoms with van der Waals surface area (Å²) in [6.07, 6.45) is 18.3. The minimum atomic E-state index is -2.34. The average Bonchev–Trinajstić information content (AvgIpc) is 2.68. The van der Waals surface area contributed by atoms with Crippen LogP contribution in [0.4, 0.5) is 0 Å². The van der Waals surface area contributed by atoms with Crippen LogP contribution in [0, 0.1) is 0 Å². The first kappa shape index (κ1) is 26.1. The number of rotatable bonds is 21. The molecule has 0 aliphatic carbocycles. The van der Waals surface area contributed by atoms with Crippen LogP contribution in [0.5, 0.6) is 0 Å². The number of hydrogen-bond acceptors (Lipinski definition) is 4. The zero-order valence-electron chi connectivity index (χ0n) is 18.2. The minimum absolute atomic E-state index is 0.923. The first-order valence-corrected chi connectivity index (χ1v) is 12.9. The Morgan fingerprint density at radius 1 is 0.500 bits per heavy atom. The second-order valence-corrected chi connectivity index (χ2v) is 10.3. The van der Waals surface area contributed by atoms with E-state index in [9.17, 15) is 0 Å². The van der Waals surface area contributed by atoms with Gasteiger partial charge in [-0.15, -0.1) is 0 Å². The fraction of sp³-hybridized carbons (Fsp3) is 1.00. The molecule has 5 heteroatoms. The Bertz CT molecular complexity index is 264. The molecule has 0 heterocycles. The smallest absolute Gasteiger partial charge is 0.381 e. The van der Waals surface area contributed by atoms with Crippen molar-refractivity contribution >= 4 is 8.80 Å². The van der Waals surface area contributed by atoms with Gasteiger partial charge in [0.2, 0.25) is 0 Å². The standard InChI is InChI=1S/C21H46O4Si/c1-5-6-7-8-13-16-19-25-20-17-14-11-9-10-12-15-18-21-26(22-2,23-3)24-4/h5-21H2,1-4H3. The summed E-state index contributed by atoms with van der Waals surface area (Å²) in [4.78, 5) is 0. The van der Waals surface area contributed by atoms with Crippen molar-refractivity contribution in [3.8, 4) is 0 Å². The summed E-state index contributed by atoms with van der Waals surface area (Å²) in [6, 6.07) is 0.923. The van der Waals surface area contributed by atoms with Gasteiger partial charge in [0.05, 0.1) is 0 Å². The van der Waals surface area contributed by atoms with Crippen LogP contribution < -0.4 is 0 Å². The molecule has 0 fully saturated rings. The molecule has 0 spiro atoms. The lowest BCUT2D eigenvalue weighted by atomic mass is 10.1. The van der Waals surface area contributed by atoms with E-state index in [-0.39, 0.29) is 0 Å². The van der Waals surface area contributed by atoms with E-state index >= 15 is 0 Å². The molecule has 0 aliphatic heterocycles. The molecule has 4 nitrogen and oxygen atoms in total. The molecule has 0 bridgehead atoms. The highest BCUT2D eigenvalue weighted by Crippen LogP contribution is 2.18. The summed E-state index contributed by atoms with van der Waals surface area (Å²) in [6.45, 7) is 4.18. The van der Waals surface area contributed by atoms with Crippen molar-refractivity contribution in [2.24, 2.45) is 0 Å². The molecule has 0 rings (SSSR count). The van der Waals surface area contributed by atoms with Gasteiger partial charge in [0.1, 0.15) is 0 Å². The Morgan fingerprint density at radius 3 is 1.31 bits per heavy atom. The summed E-state index contributed by atoms with van der Waals surface area (Å²) in [7, 11) is 2.73. The van der Waals surface area contributed by atoms with Crippen molar-refractivity contribution in [2.75, 3.05) is 34.5 Å². The van der Waals surface area contributed by atoms with Gasteiger partial charge in [-0.3, -0.25) is 0 Å². The summed E-state index contributed by atoms with van der Waals surface area (Å²) in [5, 5.41) is 0. The van der Waals surface area contributed by atoms with Gasteiger partial charge in [-0.25, -0.2) is 0 Å². The molecule has 0 radical (unpaired) electrons. The predicted octanol–water partition coefficient (Wildman–Crippen LogP) is 6.36. The third kappa shape index (κ3) is 15.1. The van der Waals surface area contributed by atoms with Crippen molar-refractivity contribution in [2.45, 2.75) is 103 Å². The second kappa shape index (κ2) is 19.8. The molecule has 26 heavy (non-hydrogen) atoms. The molecule has 0 aliphatic rings. The predicted molar refractivity (Wildman–Crippen MR) is 113 cm³/mol. The molecule has 0 aromatic heterocycles. The van der Waals surface area contributed by atoms with Crippen LogP contribution in [0.25, 0.3) is 0 Å². The van der Waals surface area contributed by atoms with Crippen LogP contribution >= 0.6 is 0 Å². The maximum atomic E-state index is 5.73. The Kier molecular flexibility index (Phi) is 19.9. The van der Waals surface area contributed by atoms with Crippen molar-refractivity contribution in [3.63, 3.8) is 0 Å². The minimum Gasteiger partial charge on any atom is -0.381 e. The SMILES string of the molecule is CCCCCCCCOCCCCCCCCCC[Si](OC)(OC)OC. The quantitative estimate of drug-likeness (QED) is 0.169. The van der Waals surface area contributed by atoms with Crippen LogP contribution in [-0.2, 0) is 18.0 Å². The fourth-order valence-electron chi connectivity index (χ4n) is 3.25. The molecule has 158 valence electrons. The molecule has 0 saturated heterocycles. The van der Waals surface area contributed by atoms with Gasteiger partial charge in [-0.05, 0) is 19.3 Å². The van der Waals surface area contributed by atoms with E-state index in [0.29, 0.717) is 0 Å². The summed E-state index contributed by atoms with van der Waals surface area (Å²) < 4.78 is 22.1. The highest BCUT2D eigenvalue weighted by atomic mass is 28.4. The Balaban J connectivity index is 3.20.